The number of hydrogen-bond donors (Lipinski definition) is 1. The lowest BCUT2D eigenvalue weighted by Crippen LogP contribution is -2.29. The molecule has 2 rings (SSSR count). The van der Waals surface area contributed by atoms with Gasteiger partial charge in [0.1, 0.15) is 0 Å². The fourth-order valence-electron chi connectivity index (χ4n) is 1.78. The largest absolute Gasteiger partial charge is 0.449 e. The van der Waals surface area contributed by atoms with E-state index in [1.807, 2.05) is 0 Å². The van der Waals surface area contributed by atoms with Crippen molar-refractivity contribution in [3.8, 4) is 0 Å². The van der Waals surface area contributed by atoms with Gasteiger partial charge in [-0.25, -0.2) is 4.79 Å². The summed E-state index contributed by atoms with van der Waals surface area (Å²) in [5.74, 6) is -0.704. The Hall–Kier alpha value is -2.04. The van der Waals surface area contributed by atoms with Crippen LogP contribution in [0.1, 0.15) is 16.8 Å². The van der Waals surface area contributed by atoms with Crippen molar-refractivity contribution in [2.45, 2.75) is 12.5 Å². The first-order valence-corrected chi connectivity index (χ1v) is 5.40. The summed E-state index contributed by atoms with van der Waals surface area (Å²) < 4.78 is 5.15. The van der Waals surface area contributed by atoms with Crippen LogP contribution in [0.5, 0.6) is 0 Å². The van der Waals surface area contributed by atoms with Gasteiger partial charge in [-0.05, 0) is 12.1 Å². The molecule has 0 aromatic heterocycles. The van der Waals surface area contributed by atoms with E-state index in [0.29, 0.717) is 24.2 Å². The first kappa shape index (κ1) is 11.4. The molecule has 0 bridgehead atoms. The van der Waals surface area contributed by atoms with Gasteiger partial charge in [0.2, 0.25) is 0 Å². The normalized spacial score (nSPS) is 19.5. The zero-order valence-corrected chi connectivity index (χ0v) is 9.55. The van der Waals surface area contributed by atoms with Crippen LogP contribution in [0.15, 0.2) is 24.3 Å². The summed E-state index contributed by atoms with van der Waals surface area (Å²) in [6, 6.07) is 6.65. The van der Waals surface area contributed by atoms with E-state index in [2.05, 4.69) is 0 Å². The molecule has 1 fully saturated rings. The van der Waals surface area contributed by atoms with E-state index < -0.39 is 12.1 Å². The molecule has 90 valence electrons. The quantitative estimate of drug-likeness (QED) is 0.602. The molecular formula is C12H14N2O3. The molecule has 2 N–H and O–H groups in total. The predicted molar refractivity (Wildman–Crippen MR) is 62.3 cm³/mol. The van der Waals surface area contributed by atoms with Crippen LogP contribution in [0.4, 0.5) is 5.69 Å². The summed E-state index contributed by atoms with van der Waals surface area (Å²) in [6.45, 7) is 0.612. The van der Waals surface area contributed by atoms with Crippen LogP contribution in [-0.2, 0) is 9.53 Å². The van der Waals surface area contributed by atoms with Crippen LogP contribution in [0, 0.1) is 0 Å². The van der Waals surface area contributed by atoms with Gasteiger partial charge >= 0.3 is 5.97 Å². The molecule has 1 heterocycles. The molecule has 1 aliphatic rings. The Morgan fingerprint density at radius 2 is 2.18 bits per heavy atom. The fourth-order valence-corrected chi connectivity index (χ4v) is 1.78. The van der Waals surface area contributed by atoms with E-state index in [1.165, 1.54) is 0 Å². The third-order valence-corrected chi connectivity index (χ3v) is 2.81. The Morgan fingerprint density at radius 3 is 2.76 bits per heavy atom. The molecule has 1 atom stereocenters. The molecule has 1 amide bonds. The maximum absolute atomic E-state index is 11.8. The van der Waals surface area contributed by atoms with E-state index in [0.717, 1.165) is 0 Å². The monoisotopic (exact) mass is 234 g/mol. The minimum absolute atomic E-state index is 0.159. The summed E-state index contributed by atoms with van der Waals surface area (Å²) in [5.41, 5.74) is 6.32. The van der Waals surface area contributed by atoms with Crippen molar-refractivity contribution in [3.63, 3.8) is 0 Å². The Bertz CT molecular complexity index is 459. The molecule has 5 heteroatoms. The average Bonchev–Trinajstić information content (AvgIpc) is 2.61. The molecule has 0 spiro atoms. The lowest BCUT2D eigenvalue weighted by Gasteiger charge is -2.12. The second-order valence-electron chi connectivity index (χ2n) is 4.03. The third kappa shape index (κ3) is 2.22. The lowest BCUT2D eigenvalue weighted by molar-refractivity contribution is -0.133. The summed E-state index contributed by atoms with van der Waals surface area (Å²) in [7, 11) is 1.69. The van der Waals surface area contributed by atoms with Crippen molar-refractivity contribution in [2.24, 2.45) is 0 Å². The summed E-state index contributed by atoms with van der Waals surface area (Å²) >= 11 is 0. The second kappa shape index (κ2) is 4.45. The number of carbonyl (C=O) groups excluding carboxylic acids is 2. The number of amides is 1. The topological polar surface area (TPSA) is 72.6 Å². The minimum Gasteiger partial charge on any atom is -0.449 e. The van der Waals surface area contributed by atoms with Crippen molar-refractivity contribution < 1.29 is 14.3 Å². The number of likely N-dealkylation sites (tertiary alicyclic amines) is 1. The van der Waals surface area contributed by atoms with E-state index in [-0.39, 0.29) is 5.91 Å². The van der Waals surface area contributed by atoms with Gasteiger partial charge in [-0.3, -0.25) is 4.79 Å². The van der Waals surface area contributed by atoms with Crippen LogP contribution in [0.25, 0.3) is 0 Å². The second-order valence-corrected chi connectivity index (χ2v) is 4.03. The van der Waals surface area contributed by atoms with Gasteiger partial charge in [0.15, 0.2) is 6.10 Å². The molecule has 17 heavy (non-hydrogen) atoms. The van der Waals surface area contributed by atoms with Crippen molar-refractivity contribution in [2.75, 3.05) is 19.3 Å². The Morgan fingerprint density at radius 1 is 1.47 bits per heavy atom. The van der Waals surface area contributed by atoms with Gasteiger partial charge in [0, 0.05) is 25.7 Å². The molecule has 0 saturated carbocycles. The zero-order valence-electron chi connectivity index (χ0n) is 9.55. The standard InChI is InChI=1S/C12H14N2O3/c1-14-7-6-10(11(14)15)17-12(16)8-4-2-3-5-9(8)13/h2-5,10H,6-7,13H2,1H3. The fraction of sp³-hybridized carbons (Fsp3) is 0.333. The molecule has 1 aromatic carbocycles. The number of nitrogens with zero attached hydrogens (tertiary/aromatic N) is 1. The van der Waals surface area contributed by atoms with Crippen LogP contribution >= 0.6 is 0 Å². The highest BCUT2D eigenvalue weighted by Crippen LogP contribution is 2.17. The van der Waals surface area contributed by atoms with E-state index in [1.54, 1.807) is 36.2 Å². The number of likely N-dealkylation sites (N-methyl/N-ethyl adjacent to an activating group) is 1. The maximum atomic E-state index is 11.8. The SMILES string of the molecule is CN1CCC(OC(=O)c2ccccc2N)C1=O. The summed E-state index contributed by atoms with van der Waals surface area (Å²) in [6.07, 6.45) is -0.138. The first-order chi connectivity index (χ1) is 8.09. The van der Waals surface area contributed by atoms with Crippen molar-refractivity contribution in [1.29, 1.82) is 0 Å². The molecule has 1 saturated heterocycles. The number of esters is 1. The highest BCUT2D eigenvalue weighted by atomic mass is 16.5. The van der Waals surface area contributed by atoms with Crippen molar-refractivity contribution >= 4 is 17.6 Å². The first-order valence-electron chi connectivity index (χ1n) is 5.40. The molecule has 0 radical (unpaired) electrons. The summed E-state index contributed by atoms with van der Waals surface area (Å²) in [4.78, 5) is 24.9. The minimum atomic E-state index is -0.674. The van der Waals surface area contributed by atoms with Gasteiger partial charge < -0.3 is 15.4 Å². The molecule has 1 unspecified atom stereocenters. The van der Waals surface area contributed by atoms with Crippen molar-refractivity contribution in [3.05, 3.63) is 29.8 Å². The van der Waals surface area contributed by atoms with E-state index in [9.17, 15) is 9.59 Å². The number of para-hydroxylation sites is 1. The van der Waals surface area contributed by atoms with E-state index >= 15 is 0 Å². The van der Waals surface area contributed by atoms with Gasteiger partial charge in [-0.1, -0.05) is 12.1 Å². The molecule has 1 aliphatic heterocycles. The number of carbonyl (C=O) groups is 2. The average molecular weight is 234 g/mol. The number of benzene rings is 1. The van der Waals surface area contributed by atoms with Gasteiger partial charge in [-0.15, -0.1) is 0 Å². The predicted octanol–water partition coefficient (Wildman–Crippen LogP) is 0.656. The molecule has 5 nitrogen and oxygen atoms in total. The smallest absolute Gasteiger partial charge is 0.341 e. The maximum Gasteiger partial charge on any atom is 0.341 e. The highest BCUT2D eigenvalue weighted by molar-refractivity contribution is 5.97. The molecule has 1 aromatic rings. The lowest BCUT2D eigenvalue weighted by atomic mass is 10.2. The van der Waals surface area contributed by atoms with Crippen LogP contribution < -0.4 is 5.73 Å². The van der Waals surface area contributed by atoms with E-state index in [4.69, 9.17) is 10.5 Å². The number of hydrogen-bond acceptors (Lipinski definition) is 4. The zero-order chi connectivity index (χ0) is 12.4. The third-order valence-electron chi connectivity index (χ3n) is 2.81. The number of ether oxygens (including phenoxy) is 1. The Labute approximate surface area is 99.2 Å². The Balaban J connectivity index is 2.08. The molecule has 0 aliphatic carbocycles. The number of rotatable bonds is 2. The van der Waals surface area contributed by atoms with Crippen LogP contribution in [0.3, 0.4) is 0 Å². The number of nitrogen functional groups attached to an aromatic ring is 1. The Kier molecular flexibility index (Phi) is 2.99. The van der Waals surface area contributed by atoms with Gasteiger partial charge in [-0.2, -0.15) is 0 Å². The number of nitrogens with two attached hydrogens (primary N) is 1. The van der Waals surface area contributed by atoms with Crippen LogP contribution in [0.2, 0.25) is 0 Å². The van der Waals surface area contributed by atoms with Crippen LogP contribution in [-0.4, -0.2) is 36.5 Å². The number of anilines is 1. The van der Waals surface area contributed by atoms with Gasteiger partial charge in [0.05, 0.1) is 5.56 Å². The summed E-state index contributed by atoms with van der Waals surface area (Å²) in [5, 5.41) is 0. The molecular weight excluding hydrogens is 220 g/mol. The van der Waals surface area contributed by atoms with Gasteiger partial charge in [0.25, 0.3) is 5.91 Å². The van der Waals surface area contributed by atoms with Crippen molar-refractivity contribution in [1.82, 2.24) is 4.90 Å². The highest BCUT2D eigenvalue weighted by Gasteiger charge is 2.32.